The lowest BCUT2D eigenvalue weighted by Crippen LogP contribution is -2.39. The van der Waals surface area contributed by atoms with E-state index in [4.69, 9.17) is 23.2 Å². The second-order valence-corrected chi connectivity index (χ2v) is 6.31. The summed E-state index contributed by atoms with van der Waals surface area (Å²) in [7, 11) is 0. The third kappa shape index (κ3) is 2.84. The number of amides is 1. The quantitative estimate of drug-likeness (QED) is 0.900. The lowest BCUT2D eigenvalue weighted by Gasteiger charge is -2.24. The molecule has 3 rings (SSSR count). The Morgan fingerprint density at radius 3 is 2.73 bits per heavy atom. The summed E-state index contributed by atoms with van der Waals surface area (Å²) in [5, 5.41) is 14.3. The molecule has 1 aliphatic rings. The lowest BCUT2D eigenvalue weighted by atomic mass is 9.96. The van der Waals surface area contributed by atoms with E-state index in [-0.39, 0.29) is 12.5 Å². The SMILES string of the molecule is O=C(NCC1(O)CCc2ccccc21)c1ccc(Cl)c(Cl)c1. The van der Waals surface area contributed by atoms with E-state index in [0.29, 0.717) is 22.0 Å². The van der Waals surface area contributed by atoms with E-state index in [1.807, 2.05) is 24.3 Å². The molecule has 2 N–H and O–H groups in total. The van der Waals surface area contributed by atoms with Crippen molar-refractivity contribution in [1.29, 1.82) is 0 Å². The van der Waals surface area contributed by atoms with Crippen LogP contribution in [0.5, 0.6) is 0 Å². The molecule has 2 aromatic carbocycles. The normalized spacial score (nSPS) is 19.8. The molecule has 2 aromatic rings. The van der Waals surface area contributed by atoms with Gasteiger partial charge in [0.15, 0.2) is 0 Å². The molecule has 1 unspecified atom stereocenters. The van der Waals surface area contributed by atoms with Crippen molar-refractivity contribution in [3.63, 3.8) is 0 Å². The maximum atomic E-state index is 12.2. The predicted octanol–water partition coefficient (Wildman–Crippen LogP) is 3.56. The highest BCUT2D eigenvalue weighted by molar-refractivity contribution is 6.42. The van der Waals surface area contributed by atoms with E-state index in [2.05, 4.69) is 5.32 Å². The molecule has 1 aliphatic carbocycles. The van der Waals surface area contributed by atoms with Crippen molar-refractivity contribution in [2.75, 3.05) is 6.54 Å². The largest absolute Gasteiger partial charge is 0.383 e. The number of benzene rings is 2. The number of nitrogens with one attached hydrogen (secondary N) is 1. The fourth-order valence-electron chi connectivity index (χ4n) is 2.82. The fraction of sp³-hybridized carbons (Fsp3) is 0.235. The number of halogens is 2. The summed E-state index contributed by atoms with van der Waals surface area (Å²) in [5.74, 6) is -0.281. The van der Waals surface area contributed by atoms with Gasteiger partial charge < -0.3 is 10.4 Å². The Balaban J connectivity index is 1.72. The van der Waals surface area contributed by atoms with Crippen molar-refractivity contribution in [3.05, 3.63) is 69.2 Å². The maximum Gasteiger partial charge on any atom is 0.251 e. The van der Waals surface area contributed by atoms with Crippen LogP contribution in [0, 0.1) is 0 Å². The standard InChI is InChI=1S/C17H15Cl2NO2/c18-14-6-5-12(9-15(14)19)16(21)20-10-17(22)8-7-11-3-1-2-4-13(11)17/h1-6,9,22H,7-8,10H2,(H,20,21). The lowest BCUT2D eigenvalue weighted by molar-refractivity contribution is 0.0369. The van der Waals surface area contributed by atoms with Gasteiger partial charge in [0.05, 0.1) is 16.6 Å². The molecule has 0 fully saturated rings. The summed E-state index contributed by atoms with van der Waals surface area (Å²) in [6, 6.07) is 12.5. The number of carbonyl (C=O) groups excluding carboxylic acids is 1. The molecule has 1 atom stereocenters. The van der Waals surface area contributed by atoms with Crippen molar-refractivity contribution >= 4 is 29.1 Å². The van der Waals surface area contributed by atoms with Crippen LogP contribution in [0.3, 0.4) is 0 Å². The molecule has 3 nitrogen and oxygen atoms in total. The highest BCUT2D eigenvalue weighted by Gasteiger charge is 2.36. The zero-order valence-corrected chi connectivity index (χ0v) is 13.3. The molecular formula is C17H15Cl2NO2. The smallest absolute Gasteiger partial charge is 0.251 e. The molecule has 0 heterocycles. The minimum Gasteiger partial charge on any atom is -0.383 e. The molecule has 0 saturated heterocycles. The third-order valence-corrected chi connectivity index (χ3v) is 4.79. The van der Waals surface area contributed by atoms with Crippen molar-refractivity contribution in [3.8, 4) is 0 Å². The van der Waals surface area contributed by atoms with Gasteiger partial charge in [0.1, 0.15) is 5.60 Å². The average Bonchev–Trinajstić information content (AvgIpc) is 2.86. The molecule has 0 aliphatic heterocycles. The monoisotopic (exact) mass is 335 g/mol. The number of aryl methyl sites for hydroxylation is 1. The van der Waals surface area contributed by atoms with Crippen LogP contribution in [-0.2, 0) is 12.0 Å². The number of rotatable bonds is 3. The molecular weight excluding hydrogens is 321 g/mol. The van der Waals surface area contributed by atoms with Gasteiger partial charge in [0.2, 0.25) is 0 Å². The number of fused-ring (bicyclic) bond motifs is 1. The molecule has 0 saturated carbocycles. The van der Waals surface area contributed by atoms with E-state index < -0.39 is 5.60 Å². The molecule has 0 aromatic heterocycles. The molecule has 1 amide bonds. The Labute approximate surface area is 138 Å². The highest BCUT2D eigenvalue weighted by Crippen LogP contribution is 2.36. The topological polar surface area (TPSA) is 49.3 Å². The van der Waals surface area contributed by atoms with Crippen LogP contribution in [0.4, 0.5) is 0 Å². The summed E-state index contributed by atoms with van der Waals surface area (Å²) < 4.78 is 0. The minimum atomic E-state index is -1.01. The van der Waals surface area contributed by atoms with E-state index in [9.17, 15) is 9.90 Å². The fourth-order valence-corrected chi connectivity index (χ4v) is 3.12. The first kappa shape index (κ1) is 15.3. The van der Waals surface area contributed by atoms with Gasteiger partial charge in [0.25, 0.3) is 5.91 Å². The van der Waals surface area contributed by atoms with Gasteiger partial charge in [-0.25, -0.2) is 0 Å². The number of hydrogen-bond donors (Lipinski definition) is 2. The summed E-state index contributed by atoms with van der Waals surface area (Å²) in [6.07, 6.45) is 1.42. The first-order valence-corrected chi connectivity index (χ1v) is 7.79. The Hall–Kier alpha value is -1.55. The van der Waals surface area contributed by atoms with Gasteiger partial charge in [-0.3, -0.25) is 4.79 Å². The Morgan fingerprint density at radius 2 is 1.95 bits per heavy atom. The Bertz CT molecular complexity index is 732. The van der Waals surface area contributed by atoms with Crippen LogP contribution in [-0.4, -0.2) is 17.6 Å². The van der Waals surface area contributed by atoms with Gasteiger partial charge in [-0.1, -0.05) is 47.5 Å². The number of hydrogen-bond acceptors (Lipinski definition) is 2. The maximum absolute atomic E-state index is 12.2. The van der Waals surface area contributed by atoms with Gasteiger partial charge in [-0.15, -0.1) is 0 Å². The highest BCUT2D eigenvalue weighted by atomic mass is 35.5. The van der Waals surface area contributed by atoms with E-state index in [1.54, 1.807) is 12.1 Å². The second kappa shape index (κ2) is 5.92. The summed E-state index contributed by atoms with van der Waals surface area (Å²) in [5.41, 5.74) is 1.44. The average molecular weight is 336 g/mol. The van der Waals surface area contributed by atoms with Crippen LogP contribution < -0.4 is 5.32 Å². The molecule has 114 valence electrons. The predicted molar refractivity (Wildman–Crippen MR) is 87.5 cm³/mol. The molecule has 0 radical (unpaired) electrons. The summed E-state index contributed by atoms with van der Waals surface area (Å²) in [6.45, 7) is 0.170. The minimum absolute atomic E-state index is 0.170. The summed E-state index contributed by atoms with van der Waals surface area (Å²) >= 11 is 11.8. The molecule has 0 bridgehead atoms. The number of carbonyl (C=O) groups is 1. The first-order valence-electron chi connectivity index (χ1n) is 7.04. The van der Waals surface area contributed by atoms with Crippen molar-refractivity contribution in [1.82, 2.24) is 5.32 Å². The van der Waals surface area contributed by atoms with Gasteiger partial charge in [-0.2, -0.15) is 0 Å². The summed E-state index contributed by atoms with van der Waals surface area (Å²) in [4.78, 5) is 12.2. The third-order valence-electron chi connectivity index (χ3n) is 4.05. The zero-order valence-electron chi connectivity index (χ0n) is 11.8. The first-order chi connectivity index (χ1) is 10.5. The van der Waals surface area contributed by atoms with Crippen LogP contribution in [0.2, 0.25) is 10.0 Å². The molecule has 22 heavy (non-hydrogen) atoms. The van der Waals surface area contributed by atoms with Gasteiger partial charge in [-0.05, 0) is 42.2 Å². The van der Waals surface area contributed by atoms with Crippen LogP contribution >= 0.6 is 23.2 Å². The van der Waals surface area contributed by atoms with Crippen LogP contribution in [0.15, 0.2) is 42.5 Å². The van der Waals surface area contributed by atoms with Gasteiger partial charge in [0, 0.05) is 5.56 Å². The molecule has 5 heteroatoms. The Morgan fingerprint density at radius 1 is 1.18 bits per heavy atom. The van der Waals surface area contributed by atoms with Crippen molar-refractivity contribution in [2.45, 2.75) is 18.4 Å². The van der Waals surface area contributed by atoms with E-state index in [0.717, 1.165) is 17.5 Å². The number of aliphatic hydroxyl groups is 1. The van der Waals surface area contributed by atoms with Crippen molar-refractivity contribution < 1.29 is 9.90 Å². The Kier molecular flexibility index (Phi) is 4.13. The van der Waals surface area contributed by atoms with E-state index in [1.165, 1.54) is 6.07 Å². The van der Waals surface area contributed by atoms with Crippen LogP contribution in [0.25, 0.3) is 0 Å². The second-order valence-electron chi connectivity index (χ2n) is 5.50. The van der Waals surface area contributed by atoms with Crippen molar-refractivity contribution in [2.24, 2.45) is 0 Å². The van der Waals surface area contributed by atoms with Gasteiger partial charge >= 0.3 is 0 Å². The zero-order chi connectivity index (χ0) is 15.7. The molecule has 0 spiro atoms. The van der Waals surface area contributed by atoms with E-state index >= 15 is 0 Å². The van der Waals surface area contributed by atoms with Crippen LogP contribution in [0.1, 0.15) is 27.9 Å².